The van der Waals surface area contributed by atoms with Gasteiger partial charge in [-0.1, -0.05) is 25.1 Å². The van der Waals surface area contributed by atoms with Crippen LogP contribution in [-0.2, 0) is 4.74 Å². The number of anilines is 1. The summed E-state index contributed by atoms with van der Waals surface area (Å²) >= 11 is 0. The fraction of sp³-hybridized carbons (Fsp3) is 0.647. The first kappa shape index (κ1) is 16.3. The highest BCUT2D eigenvalue weighted by Gasteiger charge is 2.26. The van der Waals surface area contributed by atoms with Gasteiger partial charge in [-0.2, -0.15) is 0 Å². The number of nitrogens with zero attached hydrogens (tertiary/aromatic N) is 1. The maximum Gasteiger partial charge on any atom is 0.0984 e. The molecule has 1 saturated heterocycles. The van der Waals surface area contributed by atoms with Gasteiger partial charge in [-0.05, 0) is 38.4 Å². The molecule has 0 amide bonds. The summed E-state index contributed by atoms with van der Waals surface area (Å²) in [5.74, 6) is 0. The molecule has 0 aromatic heterocycles. The van der Waals surface area contributed by atoms with Crippen LogP contribution in [0, 0.1) is 0 Å². The average Bonchev–Trinajstić information content (AvgIpc) is 2.51. The van der Waals surface area contributed by atoms with Gasteiger partial charge in [-0.3, -0.25) is 0 Å². The van der Waals surface area contributed by atoms with E-state index >= 15 is 0 Å². The van der Waals surface area contributed by atoms with Gasteiger partial charge in [0, 0.05) is 24.8 Å². The lowest BCUT2D eigenvalue weighted by Crippen LogP contribution is -2.48. The zero-order valence-electron chi connectivity index (χ0n) is 13.4. The standard InChI is InChI=1S/C17H28N2O2/c1-4-9-18-14(3)16-7-5-6-8-17(16)19-10-13(2)21-15(11-19)12-20/h5-8,13-15,18,20H,4,9-12H2,1-3H3. The summed E-state index contributed by atoms with van der Waals surface area (Å²) < 4.78 is 5.75. The van der Waals surface area contributed by atoms with Crippen molar-refractivity contribution in [1.29, 1.82) is 0 Å². The lowest BCUT2D eigenvalue weighted by Gasteiger charge is -2.39. The van der Waals surface area contributed by atoms with Crippen molar-refractivity contribution in [1.82, 2.24) is 5.32 Å². The van der Waals surface area contributed by atoms with Crippen LogP contribution < -0.4 is 10.2 Å². The zero-order chi connectivity index (χ0) is 15.2. The van der Waals surface area contributed by atoms with Crippen molar-refractivity contribution >= 4 is 5.69 Å². The van der Waals surface area contributed by atoms with Crippen molar-refractivity contribution in [2.24, 2.45) is 0 Å². The van der Waals surface area contributed by atoms with Gasteiger partial charge in [0.15, 0.2) is 0 Å². The lowest BCUT2D eigenvalue weighted by molar-refractivity contribution is -0.0421. The maximum absolute atomic E-state index is 9.40. The number of hydrogen-bond acceptors (Lipinski definition) is 4. The minimum atomic E-state index is -0.0966. The first-order valence-electron chi connectivity index (χ1n) is 7.99. The summed E-state index contributed by atoms with van der Waals surface area (Å²) in [4.78, 5) is 2.34. The van der Waals surface area contributed by atoms with Crippen LogP contribution in [0.1, 0.15) is 38.8 Å². The van der Waals surface area contributed by atoms with Gasteiger partial charge in [0.2, 0.25) is 0 Å². The molecule has 0 saturated carbocycles. The smallest absolute Gasteiger partial charge is 0.0984 e. The Morgan fingerprint density at radius 3 is 2.86 bits per heavy atom. The van der Waals surface area contributed by atoms with Crippen molar-refractivity contribution in [2.45, 2.75) is 45.4 Å². The van der Waals surface area contributed by atoms with E-state index in [4.69, 9.17) is 4.74 Å². The number of aliphatic hydroxyl groups is 1. The minimum absolute atomic E-state index is 0.0760. The Kier molecular flexibility index (Phi) is 6.03. The summed E-state index contributed by atoms with van der Waals surface area (Å²) in [5.41, 5.74) is 2.57. The van der Waals surface area contributed by atoms with E-state index < -0.39 is 0 Å². The predicted molar refractivity (Wildman–Crippen MR) is 86.8 cm³/mol. The molecule has 3 unspecified atom stereocenters. The number of rotatable bonds is 6. The summed E-state index contributed by atoms with van der Waals surface area (Å²) in [6.45, 7) is 9.17. The molecule has 0 aliphatic carbocycles. The van der Waals surface area contributed by atoms with Gasteiger partial charge in [0.1, 0.15) is 0 Å². The van der Waals surface area contributed by atoms with E-state index in [9.17, 15) is 5.11 Å². The van der Waals surface area contributed by atoms with Gasteiger partial charge >= 0.3 is 0 Å². The number of aliphatic hydroxyl groups excluding tert-OH is 1. The SMILES string of the molecule is CCCNC(C)c1ccccc1N1CC(C)OC(CO)C1. The molecule has 21 heavy (non-hydrogen) atoms. The number of para-hydroxylation sites is 1. The number of ether oxygens (including phenoxy) is 1. The number of morpholine rings is 1. The van der Waals surface area contributed by atoms with E-state index in [0.29, 0.717) is 6.04 Å². The zero-order valence-corrected chi connectivity index (χ0v) is 13.4. The van der Waals surface area contributed by atoms with Gasteiger partial charge in [0.05, 0.1) is 18.8 Å². The molecule has 118 valence electrons. The normalized spacial score (nSPS) is 24.1. The Hall–Kier alpha value is -1.10. The molecule has 3 atom stereocenters. The Morgan fingerprint density at radius 2 is 2.14 bits per heavy atom. The largest absolute Gasteiger partial charge is 0.394 e. The topological polar surface area (TPSA) is 44.7 Å². The summed E-state index contributed by atoms with van der Waals surface area (Å²) in [6.07, 6.45) is 1.18. The molecular weight excluding hydrogens is 264 g/mol. The van der Waals surface area contributed by atoms with Crippen LogP contribution in [-0.4, -0.2) is 43.6 Å². The molecule has 1 aromatic rings. The van der Waals surface area contributed by atoms with Crippen LogP contribution >= 0.6 is 0 Å². The number of nitrogens with one attached hydrogen (secondary N) is 1. The van der Waals surface area contributed by atoms with Crippen LogP contribution in [0.2, 0.25) is 0 Å². The Morgan fingerprint density at radius 1 is 1.38 bits per heavy atom. The first-order valence-corrected chi connectivity index (χ1v) is 7.99. The van der Waals surface area contributed by atoms with Crippen LogP contribution in [0.4, 0.5) is 5.69 Å². The van der Waals surface area contributed by atoms with Crippen molar-refractivity contribution < 1.29 is 9.84 Å². The summed E-state index contributed by atoms with van der Waals surface area (Å²) in [7, 11) is 0. The monoisotopic (exact) mass is 292 g/mol. The molecule has 1 aromatic carbocycles. The molecule has 1 aliphatic rings. The highest BCUT2D eigenvalue weighted by atomic mass is 16.5. The number of hydrogen-bond donors (Lipinski definition) is 2. The van der Waals surface area contributed by atoms with E-state index in [1.165, 1.54) is 11.3 Å². The van der Waals surface area contributed by atoms with Crippen LogP contribution in [0.25, 0.3) is 0 Å². The minimum Gasteiger partial charge on any atom is -0.394 e. The molecule has 2 rings (SSSR count). The second-order valence-corrected chi connectivity index (χ2v) is 5.89. The molecule has 0 radical (unpaired) electrons. The Labute approximate surface area is 128 Å². The van der Waals surface area contributed by atoms with Crippen molar-refractivity contribution in [3.63, 3.8) is 0 Å². The fourth-order valence-electron chi connectivity index (χ4n) is 2.96. The van der Waals surface area contributed by atoms with Crippen molar-refractivity contribution in [2.75, 3.05) is 31.1 Å². The van der Waals surface area contributed by atoms with Gasteiger partial charge < -0.3 is 20.1 Å². The van der Waals surface area contributed by atoms with Crippen LogP contribution in [0.3, 0.4) is 0 Å². The molecule has 0 bridgehead atoms. The van der Waals surface area contributed by atoms with Crippen molar-refractivity contribution in [3.8, 4) is 0 Å². The third kappa shape index (κ3) is 4.19. The molecule has 0 spiro atoms. The predicted octanol–water partition coefficient (Wildman–Crippen LogP) is 2.33. The van der Waals surface area contributed by atoms with Crippen LogP contribution in [0.5, 0.6) is 0 Å². The van der Waals surface area contributed by atoms with Crippen LogP contribution in [0.15, 0.2) is 24.3 Å². The Balaban J connectivity index is 2.18. The molecular formula is C17H28N2O2. The quantitative estimate of drug-likeness (QED) is 0.845. The highest BCUT2D eigenvalue weighted by Crippen LogP contribution is 2.28. The first-order chi connectivity index (χ1) is 10.2. The second kappa shape index (κ2) is 7.78. The highest BCUT2D eigenvalue weighted by molar-refractivity contribution is 5.55. The van der Waals surface area contributed by atoms with Gasteiger partial charge in [0.25, 0.3) is 0 Å². The van der Waals surface area contributed by atoms with Gasteiger partial charge in [-0.15, -0.1) is 0 Å². The van der Waals surface area contributed by atoms with Crippen molar-refractivity contribution in [3.05, 3.63) is 29.8 Å². The maximum atomic E-state index is 9.40. The molecule has 1 heterocycles. The fourth-order valence-corrected chi connectivity index (χ4v) is 2.96. The average molecular weight is 292 g/mol. The third-order valence-electron chi connectivity index (χ3n) is 3.97. The molecule has 1 aliphatic heterocycles. The Bertz CT molecular complexity index is 439. The van der Waals surface area contributed by atoms with E-state index in [1.54, 1.807) is 0 Å². The van der Waals surface area contributed by atoms with E-state index in [0.717, 1.165) is 26.1 Å². The molecule has 4 heteroatoms. The lowest BCUT2D eigenvalue weighted by atomic mass is 10.0. The van der Waals surface area contributed by atoms with E-state index in [1.807, 2.05) is 0 Å². The molecule has 4 nitrogen and oxygen atoms in total. The third-order valence-corrected chi connectivity index (χ3v) is 3.97. The number of benzene rings is 1. The van der Waals surface area contributed by atoms with Gasteiger partial charge in [-0.25, -0.2) is 0 Å². The van der Waals surface area contributed by atoms with E-state index in [2.05, 4.69) is 55.3 Å². The summed E-state index contributed by atoms with van der Waals surface area (Å²) in [5, 5.41) is 13.0. The molecule has 1 fully saturated rings. The summed E-state index contributed by atoms with van der Waals surface area (Å²) in [6, 6.07) is 8.87. The second-order valence-electron chi connectivity index (χ2n) is 5.89. The molecule has 2 N–H and O–H groups in total. The van der Waals surface area contributed by atoms with E-state index in [-0.39, 0.29) is 18.8 Å².